The van der Waals surface area contributed by atoms with Crippen LogP contribution >= 0.6 is 11.8 Å². The van der Waals surface area contributed by atoms with E-state index >= 15 is 0 Å². The lowest BCUT2D eigenvalue weighted by molar-refractivity contribution is -0.139. The molecule has 0 saturated carbocycles. The SMILES string of the molecule is CC1O[Si](C)(CSC2CC(=O)N(CCOCCOCCC(=O)NC3CN4CCC3CC4)C2=O)OC1C. The number of imide groups is 1. The maximum atomic E-state index is 12.7. The first-order valence-electron chi connectivity index (χ1n) is 13.2. The molecule has 5 aliphatic rings. The van der Waals surface area contributed by atoms with Crippen molar-refractivity contribution in [2.75, 3.05) is 58.0 Å². The molecule has 3 amide bonds. The van der Waals surface area contributed by atoms with E-state index in [1.54, 1.807) is 0 Å². The van der Waals surface area contributed by atoms with Crippen molar-refractivity contribution in [1.82, 2.24) is 15.1 Å². The standard InChI is InChI=1S/C24H41N3O7SSi/c1-17-18(2)34-36(3,33-17)16-35-21-14-23(29)27(24(21)30)9-11-32-13-12-31-10-6-22(28)25-20-15-26-7-4-19(20)5-8-26/h17-21H,4-16H2,1-3H3,(H,25,28). The molecule has 1 N–H and O–H groups in total. The van der Waals surface area contributed by atoms with Gasteiger partial charge in [0.15, 0.2) is 0 Å². The van der Waals surface area contributed by atoms with E-state index in [9.17, 15) is 14.4 Å². The van der Waals surface area contributed by atoms with Crippen molar-refractivity contribution in [3.8, 4) is 0 Å². The van der Waals surface area contributed by atoms with Gasteiger partial charge in [0.1, 0.15) is 0 Å². The summed E-state index contributed by atoms with van der Waals surface area (Å²) in [5, 5.41) is 3.41. The number of rotatable bonds is 13. The van der Waals surface area contributed by atoms with Gasteiger partial charge in [-0.3, -0.25) is 19.3 Å². The summed E-state index contributed by atoms with van der Waals surface area (Å²) in [6.45, 7) is 10.9. The summed E-state index contributed by atoms with van der Waals surface area (Å²) in [5.41, 5.74) is 0. The summed E-state index contributed by atoms with van der Waals surface area (Å²) in [7, 11) is -2.31. The van der Waals surface area contributed by atoms with Gasteiger partial charge in [-0.15, -0.1) is 11.8 Å². The van der Waals surface area contributed by atoms with Gasteiger partial charge in [-0.2, -0.15) is 0 Å². The molecule has 0 aromatic rings. The van der Waals surface area contributed by atoms with E-state index in [2.05, 4.69) is 10.2 Å². The van der Waals surface area contributed by atoms with Crippen molar-refractivity contribution < 1.29 is 32.7 Å². The number of nitrogens with zero attached hydrogens (tertiary/aromatic N) is 2. The lowest BCUT2D eigenvalue weighted by Gasteiger charge is -2.44. The molecular weight excluding hydrogens is 502 g/mol. The molecule has 36 heavy (non-hydrogen) atoms. The molecule has 0 aromatic carbocycles. The topological polar surface area (TPSA) is 107 Å². The Balaban J connectivity index is 1.03. The first-order valence-corrected chi connectivity index (χ1v) is 16.8. The number of thioether (sulfide) groups is 1. The molecule has 5 heterocycles. The van der Waals surface area contributed by atoms with Crippen molar-refractivity contribution in [2.45, 2.75) is 69.6 Å². The van der Waals surface area contributed by atoms with Crippen molar-refractivity contribution in [3.05, 3.63) is 0 Å². The third-order valence-corrected chi connectivity index (χ3v) is 12.9. The predicted octanol–water partition coefficient (Wildman–Crippen LogP) is 0.916. The summed E-state index contributed by atoms with van der Waals surface area (Å²) in [4.78, 5) is 41.0. The Morgan fingerprint density at radius 1 is 1.08 bits per heavy atom. The van der Waals surface area contributed by atoms with Gasteiger partial charge in [0.2, 0.25) is 17.7 Å². The van der Waals surface area contributed by atoms with Gasteiger partial charge in [0.25, 0.3) is 0 Å². The van der Waals surface area contributed by atoms with Gasteiger partial charge in [-0.1, -0.05) is 0 Å². The van der Waals surface area contributed by atoms with E-state index in [1.165, 1.54) is 29.5 Å². The van der Waals surface area contributed by atoms with Gasteiger partial charge < -0.3 is 28.5 Å². The minimum absolute atomic E-state index is 0.0416. The van der Waals surface area contributed by atoms with Gasteiger partial charge >= 0.3 is 8.56 Å². The van der Waals surface area contributed by atoms with E-state index in [0.717, 1.165) is 19.6 Å². The Bertz CT molecular complexity index is 788. The zero-order chi connectivity index (χ0) is 25.7. The highest BCUT2D eigenvalue weighted by Crippen LogP contribution is 2.32. The van der Waals surface area contributed by atoms with Crippen LogP contribution in [-0.2, 0) is 32.7 Å². The number of ether oxygens (including phenoxy) is 2. The van der Waals surface area contributed by atoms with Crippen LogP contribution in [0.4, 0.5) is 0 Å². The molecule has 2 bridgehead atoms. The van der Waals surface area contributed by atoms with Crippen molar-refractivity contribution >= 4 is 38.0 Å². The minimum atomic E-state index is -2.31. The number of amides is 3. The fraction of sp³-hybridized carbons (Fsp3) is 0.875. The zero-order valence-electron chi connectivity index (χ0n) is 21.7. The second kappa shape index (κ2) is 12.7. The van der Waals surface area contributed by atoms with E-state index in [4.69, 9.17) is 18.3 Å². The number of likely N-dealkylation sites (tertiary alicyclic amines) is 1. The van der Waals surface area contributed by atoms with Crippen LogP contribution in [0.1, 0.15) is 39.5 Å². The number of fused-ring (bicyclic) bond motifs is 3. The van der Waals surface area contributed by atoms with E-state index in [0.29, 0.717) is 37.5 Å². The van der Waals surface area contributed by atoms with Gasteiger partial charge in [0, 0.05) is 30.8 Å². The normalized spacial score (nSPS) is 36.1. The van der Waals surface area contributed by atoms with Crippen LogP contribution in [0.3, 0.4) is 0 Å². The third kappa shape index (κ3) is 7.30. The molecule has 4 atom stereocenters. The molecule has 12 heteroatoms. The summed E-state index contributed by atoms with van der Waals surface area (Å²) in [5.74, 6) is 0.341. The van der Waals surface area contributed by atoms with Gasteiger partial charge in [-0.25, -0.2) is 0 Å². The van der Waals surface area contributed by atoms with Crippen LogP contribution in [0.25, 0.3) is 0 Å². The Labute approximate surface area is 219 Å². The number of carbonyl (C=O) groups is 3. The largest absolute Gasteiger partial charge is 0.388 e. The Morgan fingerprint density at radius 3 is 2.39 bits per heavy atom. The molecule has 5 rings (SSSR count). The number of hydrogen-bond acceptors (Lipinski definition) is 9. The monoisotopic (exact) mass is 543 g/mol. The van der Waals surface area contributed by atoms with Crippen molar-refractivity contribution in [3.63, 3.8) is 0 Å². The summed E-state index contributed by atoms with van der Waals surface area (Å²) >= 11 is 1.47. The summed E-state index contributed by atoms with van der Waals surface area (Å²) in [6.07, 6.45) is 3.03. The molecule has 0 radical (unpaired) electrons. The number of piperidine rings is 3. The summed E-state index contributed by atoms with van der Waals surface area (Å²) < 4.78 is 23.1. The highest BCUT2D eigenvalue weighted by Gasteiger charge is 2.46. The van der Waals surface area contributed by atoms with Crippen LogP contribution in [0.5, 0.6) is 0 Å². The molecule has 204 valence electrons. The molecule has 10 nitrogen and oxygen atoms in total. The molecular formula is C24H41N3O7SSi. The smallest absolute Gasteiger partial charge is 0.345 e. The maximum Gasteiger partial charge on any atom is 0.345 e. The molecule has 4 unspecified atom stereocenters. The lowest BCUT2D eigenvalue weighted by atomic mass is 9.84. The van der Waals surface area contributed by atoms with E-state index < -0.39 is 8.56 Å². The predicted molar refractivity (Wildman–Crippen MR) is 138 cm³/mol. The lowest BCUT2D eigenvalue weighted by Crippen LogP contribution is -2.57. The molecule has 5 aliphatic heterocycles. The molecule has 0 aromatic heterocycles. The fourth-order valence-electron chi connectivity index (χ4n) is 5.39. The Kier molecular flexibility index (Phi) is 9.86. The average Bonchev–Trinajstić information content (AvgIpc) is 3.27. The van der Waals surface area contributed by atoms with Gasteiger partial charge in [0.05, 0.1) is 50.4 Å². The van der Waals surface area contributed by atoms with Crippen LogP contribution < -0.4 is 5.32 Å². The van der Waals surface area contributed by atoms with E-state index in [-0.39, 0.29) is 60.8 Å². The molecule has 0 spiro atoms. The van der Waals surface area contributed by atoms with Crippen LogP contribution in [0.15, 0.2) is 0 Å². The first-order chi connectivity index (χ1) is 17.2. The van der Waals surface area contributed by atoms with E-state index in [1.807, 2.05) is 20.4 Å². The Hall–Kier alpha value is -1.02. The molecule has 5 fully saturated rings. The minimum Gasteiger partial charge on any atom is -0.388 e. The third-order valence-electron chi connectivity index (χ3n) is 7.59. The fourth-order valence-corrected chi connectivity index (χ4v) is 10.5. The van der Waals surface area contributed by atoms with Crippen LogP contribution in [0, 0.1) is 5.92 Å². The zero-order valence-corrected chi connectivity index (χ0v) is 23.6. The van der Waals surface area contributed by atoms with Crippen molar-refractivity contribution in [1.29, 1.82) is 0 Å². The van der Waals surface area contributed by atoms with Gasteiger partial charge in [-0.05, 0) is 52.2 Å². The molecule has 5 saturated heterocycles. The first kappa shape index (κ1) is 28.0. The van der Waals surface area contributed by atoms with Crippen LogP contribution in [-0.4, -0.2) is 118 Å². The van der Waals surface area contributed by atoms with Crippen LogP contribution in [0.2, 0.25) is 6.55 Å². The number of hydrogen-bond donors (Lipinski definition) is 1. The summed E-state index contributed by atoms with van der Waals surface area (Å²) in [6, 6.07) is 0.277. The quantitative estimate of drug-likeness (QED) is 0.206. The molecule has 0 aliphatic carbocycles. The number of carbonyl (C=O) groups excluding carboxylic acids is 3. The highest BCUT2D eigenvalue weighted by molar-refractivity contribution is 8.02. The average molecular weight is 544 g/mol. The van der Waals surface area contributed by atoms with Crippen molar-refractivity contribution in [2.24, 2.45) is 5.92 Å². The second-order valence-electron chi connectivity index (χ2n) is 10.5. The highest BCUT2D eigenvalue weighted by atomic mass is 32.2. The second-order valence-corrected chi connectivity index (χ2v) is 15.3. The number of nitrogens with one attached hydrogen (secondary N) is 1. The Morgan fingerprint density at radius 2 is 1.75 bits per heavy atom. The maximum absolute atomic E-state index is 12.7.